The Kier molecular flexibility index (Phi) is 4.11. The van der Waals surface area contributed by atoms with Gasteiger partial charge in [-0.25, -0.2) is 9.97 Å². The minimum Gasteiger partial charge on any atom is -0.389 e. The maximum absolute atomic E-state index is 5.66. The monoisotopic (exact) mass is 292 g/mol. The van der Waals surface area contributed by atoms with E-state index >= 15 is 0 Å². The van der Waals surface area contributed by atoms with E-state index in [0.717, 1.165) is 22.1 Å². The summed E-state index contributed by atoms with van der Waals surface area (Å²) in [5.74, 6) is 0.767. The molecule has 1 atom stereocenters. The molecule has 0 spiro atoms. The summed E-state index contributed by atoms with van der Waals surface area (Å²) in [6, 6.07) is 3.85. The molecule has 0 aromatic carbocycles. The molecule has 100 valence electrons. The quantitative estimate of drug-likeness (QED) is 0.848. The number of aryl methyl sites for hydroxylation is 2. The van der Waals surface area contributed by atoms with Crippen LogP contribution in [-0.2, 0) is 0 Å². The third-order valence-corrected chi connectivity index (χ3v) is 3.94. The second-order valence-electron chi connectivity index (χ2n) is 4.42. The number of thiocarbonyl (C=S) groups is 1. The largest absolute Gasteiger partial charge is 0.389 e. The molecule has 6 heteroatoms. The molecule has 2 rings (SSSR count). The lowest BCUT2D eigenvalue weighted by atomic mass is 10.2. The highest BCUT2D eigenvalue weighted by molar-refractivity contribution is 7.80. The summed E-state index contributed by atoms with van der Waals surface area (Å²) in [4.78, 5) is 10.4. The number of nitrogens with one attached hydrogen (secondary N) is 1. The summed E-state index contributed by atoms with van der Waals surface area (Å²) >= 11 is 6.68. The number of anilines is 1. The third-order valence-electron chi connectivity index (χ3n) is 2.61. The molecule has 0 aliphatic carbocycles. The molecule has 1 unspecified atom stereocenters. The van der Waals surface area contributed by atoms with Crippen LogP contribution in [0, 0.1) is 13.8 Å². The van der Waals surface area contributed by atoms with E-state index in [-0.39, 0.29) is 6.04 Å². The van der Waals surface area contributed by atoms with Gasteiger partial charge in [-0.3, -0.25) is 0 Å². The predicted octanol–water partition coefficient (Wildman–Crippen LogP) is 2.96. The number of hydrogen-bond acceptors (Lipinski definition) is 5. The Morgan fingerprint density at radius 1 is 1.42 bits per heavy atom. The predicted molar refractivity (Wildman–Crippen MR) is 83.8 cm³/mol. The summed E-state index contributed by atoms with van der Waals surface area (Å²) < 4.78 is 0. The molecule has 0 radical (unpaired) electrons. The average molecular weight is 292 g/mol. The molecule has 0 aliphatic heterocycles. The topological polar surface area (TPSA) is 63.8 Å². The van der Waals surface area contributed by atoms with Crippen molar-refractivity contribution in [3.63, 3.8) is 0 Å². The minimum absolute atomic E-state index is 0.104. The number of rotatable bonds is 4. The van der Waals surface area contributed by atoms with Crippen LogP contribution in [0.4, 0.5) is 5.82 Å². The van der Waals surface area contributed by atoms with Crippen molar-refractivity contribution in [2.45, 2.75) is 26.8 Å². The second kappa shape index (κ2) is 5.63. The van der Waals surface area contributed by atoms with Gasteiger partial charge in [0.05, 0.1) is 6.04 Å². The fourth-order valence-corrected chi connectivity index (χ4v) is 2.63. The maximum Gasteiger partial charge on any atom is 0.127 e. The van der Waals surface area contributed by atoms with Crippen molar-refractivity contribution in [2.24, 2.45) is 5.73 Å². The summed E-state index contributed by atoms with van der Waals surface area (Å²) in [6.45, 7) is 6.03. The van der Waals surface area contributed by atoms with Crippen LogP contribution >= 0.6 is 23.6 Å². The van der Waals surface area contributed by atoms with E-state index in [1.54, 1.807) is 11.3 Å². The lowest BCUT2D eigenvalue weighted by Crippen LogP contribution is -2.13. The van der Waals surface area contributed by atoms with Crippen molar-refractivity contribution in [1.29, 1.82) is 0 Å². The molecule has 0 bridgehead atoms. The van der Waals surface area contributed by atoms with E-state index < -0.39 is 0 Å². The van der Waals surface area contributed by atoms with E-state index in [1.807, 2.05) is 32.2 Å². The van der Waals surface area contributed by atoms with Crippen molar-refractivity contribution in [2.75, 3.05) is 5.32 Å². The first kappa shape index (κ1) is 13.9. The summed E-state index contributed by atoms with van der Waals surface area (Å²) in [5, 5.41) is 4.37. The van der Waals surface area contributed by atoms with E-state index in [4.69, 9.17) is 18.0 Å². The number of pyridine rings is 1. The molecule has 0 aliphatic rings. The van der Waals surface area contributed by atoms with Crippen LogP contribution in [0.1, 0.15) is 34.1 Å². The van der Waals surface area contributed by atoms with Crippen LogP contribution in [-0.4, -0.2) is 15.0 Å². The molecule has 2 aromatic heterocycles. The smallest absolute Gasteiger partial charge is 0.127 e. The van der Waals surface area contributed by atoms with Crippen LogP contribution in [0.2, 0.25) is 0 Å². The molecular formula is C13H16N4S2. The molecular weight excluding hydrogens is 276 g/mol. The Morgan fingerprint density at radius 2 is 2.16 bits per heavy atom. The van der Waals surface area contributed by atoms with Gasteiger partial charge < -0.3 is 11.1 Å². The van der Waals surface area contributed by atoms with Gasteiger partial charge in [0.1, 0.15) is 15.8 Å². The fraction of sp³-hybridized carbons (Fsp3) is 0.308. The molecule has 19 heavy (non-hydrogen) atoms. The van der Waals surface area contributed by atoms with Crippen LogP contribution in [0.15, 0.2) is 18.3 Å². The van der Waals surface area contributed by atoms with Crippen molar-refractivity contribution in [1.82, 2.24) is 9.97 Å². The van der Waals surface area contributed by atoms with Gasteiger partial charge in [0.2, 0.25) is 0 Å². The van der Waals surface area contributed by atoms with Gasteiger partial charge in [0, 0.05) is 22.3 Å². The number of hydrogen-bond donors (Lipinski definition) is 2. The minimum atomic E-state index is 0.104. The highest BCUT2D eigenvalue weighted by Gasteiger charge is 2.11. The van der Waals surface area contributed by atoms with E-state index in [0.29, 0.717) is 4.99 Å². The Bertz CT molecular complexity index is 606. The first-order chi connectivity index (χ1) is 8.95. The van der Waals surface area contributed by atoms with Gasteiger partial charge >= 0.3 is 0 Å². The standard InChI is InChI=1S/C13H16N4S2/c1-7-4-10(12(14)18)5-11(16-7)17-9(3)13-15-6-8(2)19-13/h4-6,9H,1-3H3,(H2,14,18)(H,16,17). The Hall–Kier alpha value is -1.53. The zero-order chi connectivity index (χ0) is 14.0. The molecule has 0 saturated heterocycles. The zero-order valence-electron chi connectivity index (χ0n) is 11.1. The number of nitrogens with zero attached hydrogens (tertiary/aromatic N) is 2. The van der Waals surface area contributed by atoms with Crippen molar-refractivity contribution in [3.8, 4) is 0 Å². The molecule has 0 amide bonds. The van der Waals surface area contributed by atoms with E-state index in [9.17, 15) is 0 Å². The summed E-state index contributed by atoms with van der Waals surface area (Å²) in [6.07, 6.45) is 1.88. The lowest BCUT2D eigenvalue weighted by Gasteiger charge is -2.13. The fourth-order valence-electron chi connectivity index (χ4n) is 1.74. The van der Waals surface area contributed by atoms with Crippen molar-refractivity contribution in [3.05, 3.63) is 39.5 Å². The van der Waals surface area contributed by atoms with Gasteiger partial charge in [0.15, 0.2) is 0 Å². The van der Waals surface area contributed by atoms with Crippen molar-refractivity contribution < 1.29 is 0 Å². The average Bonchev–Trinajstić information content (AvgIpc) is 2.75. The highest BCUT2D eigenvalue weighted by Crippen LogP contribution is 2.23. The van der Waals surface area contributed by atoms with Gasteiger partial charge in [-0.1, -0.05) is 12.2 Å². The van der Waals surface area contributed by atoms with Gasteiger partial charge in [-0.2, -0.15) is 0 Å². The van der Waals surface area contributed by atoms with Gasteiger partial charge in [-0.15, -0.1) is 11.3 Å². The Morgan fingerprint density at radius 3 is 2.74 bits per heavy atom. The molecule has 3 N–H and O–H groups in total. The van der Waals surface area contributed by atoms with E-state index in [1.165, 1.54) is 4.88 Å². The second-order valence-corrected chi connectivity index (χ2v) is 6.13. The normalized spacial score (nSPS) is 12.2. The van der Waals surface area contributed by atoms with Crippen LogP contribution in [0.25, 0.3) is 0 Å². The van der Waals surface area contributed by atoms with E-state index in [2.05, 4.69) is 22.2 Å². The van der Waals surface area contributed by atoms with Gasteiger partial charge in [0.25, 0.3) is 0 Å². The molecule has 2 heterocycles. The molecule has 4 nitrogen and oxygen atoms in total. The lowest BCUT2D eigenvalue weighted by molar-refractivity contribution is 0.858. The zero-order valence-corrected chi connectivity index (χ0v) is 12.7. The SMILES string of the molecule is Cc1cc(C(N)=S)cc(NC(C)c2ncc(C)s2)n1. The van der Waals surface area contributed by atoms with Crippen LogP contribution < -0.4 is 11.1 Å². The first-order valence-electron chi connectivity index (χ1n) is 5.93. The number of nitrogens with two attached hydrogens (primary N) is 1. The Labute approximate surface area is 122 Å². The number of thiazole rings is 1. The van der Waals surface area contributed by atoms with Gasteiger partial charge in [-0.05, 0) is 32.9 Å². The van der Waals surface area contributed by atoms with Crippen molar-refractivity contribution >= 4 is 34.4 Å². The summed E-state index contributed by atoms with van der Waals surface area (Å²) in [7, 11) is 0. The van der Waals surface area contributed by atoms with Crippen LogP contribution in [0.5, 0.6) is 0 Å². The summed E-state index contributed by atoms with van der Waals surface area (Å²) in [5.41, 5.74) is 7.37. The molecule has 2 aromatic rings. The molecule has 0 fully saturated rings. The highest BCUT2D eigenvalue weighted by atomic mass is 32.1. The number of aromatic nitrogens is 2. The van der Waals surface area contributed by atoms with Crippen LogP contribution in [0.3, 0.4) is 0 Å². The first-order valence-corrected chi connectivity index (χ1v) is 7.15. The third kappa shape index (κ3) is 3.48. The molecule has 0 saturated carbocycles. The maximum atomic E-state index is 5.66. The Balaban J connectivity index is 2.21.